The summed E-state index contributed by atoms with van der Waals surface area (Å²) in [5.74, 6) is -0.789. The van der Waals surface area contributed by atoms with E-state index in [2.05, 4.69) is 0 Å². The number of carbonyl (C=O) groups excluding carboxylic acids is 1. The van der Waals surface area contributed by atoms with Gasteiger partial charge in [0, 0.05) is 25.7 Å². The van der Waals surface area contributed by atoms with Crippen LogP contribution in [-0.2, 0) is 14.3 Å². The summed E-state index contributed by atoms with van der Waals surface area (Å²) in [7, 11) is 0. The van der Waals surface area contributed by atoms with Gasteiger partial charge in [0.1, 0.15) is 0 Å². The van der Waals surface area contributed by atoms with Gasteiger partial charge in [-0.15, -0.1) is 0 Å². The van der Waals surface area contributed by atoms with Crippen molar-refractivity contribution in [2.24, 2.45) is 0 Å². The van der Waals surface area contributed by atoms with Crippen molar-refractivity contribution in [2.75, 3.05) is 26.2 Å². The highest BCUT2D eigenvalue weighted by Crippen LogP contribution is 2.12. The molecule has 0 radical (unpaired) electrons. The van der Waals surface area contributed by atoms with Gasteiger partial charge in [-0.2, -0.15) is 0 Å². The van der Waals surface area contributed by atoms with Crippen molar-refractivity contribution in [1.82, 2.24) is 9.80 Å². The quantitative estimate of drug-likeness (QED) is 0.782. The molecule has 0 saturated carbocycles. The van der Waals surface area contributed by atoms with Crippen LogP contribution in [0.25, 0.3) is 0 Å². The number of hydrogen-bond donors (Lipinski definition) is 1. The van der Waals surface area contributed by atoms with Gasteiger partial charge in [0.05, 0.1) is 25.2 Å². The second-order valence-electron chi connectivity index (χ2n) is 5.76. The Kier molecular flexibility index (Phi) is 6.42. The van der Waals surface area contributed by atoms with Crippen LogP contribution in [0.2, 0.25) is 0 Å². The smallest absolute Gasteiger partial charge is 0.304 e. The Morgan fingerprint density at radius 3 is 2.30 bits per heavy atom. The number of nitrogens with zero attached hydrogens (tertiary/aromatic N) is 2. The lowest BCUT2D eigenvalue weighted by atomic mass is 10.2. The van der Waals surface area contributed by atoms with Crippen molar-refractivity contribution >= 4 is 11.9 Å². The van der Waals surface area contributed by atoms with Gasteiger partial charge >= 0.3 is 5.97 Å². The summed E-state index contributed by atoms with van der Waals surface area (Å²) in [6.45, 7) is 9.74. The van der Waals surface area contributed by atoms with E-state index in [1.807, 2.05) is 37.5 Å². The Morgan fingerprint density at radius 2 is 1.85 bits per heavy atom. The second kappa shape index (κ2) is 7.59. The van der Waals surface area contributed by atoms with Crippen LogP contribution in [0.15, 0.2) is 0 Å². The molecule has 0 aromatic rings. The number of carbonyl (C=O) groups is 2. The Balaban J connectivity index is 2.54. The molecule has 116 valence electrons. The molecule has 2 atom stereocenters. The summed E-state index contributed by atoms with van der Waals surface area (Å²) in [5, 5.41) is 8.76. The molecule has 1 rings (SSSR count). The lowest BCUT2D eigenvalue weighted by molar-refractivity contribution is -0.145. The topological polar surface area (TPSA) is 70.1 Å². The molecule has 0 aliphatic carbocycles. The van der Waals surface area contributed by atoms with Gasteiger partial charge in [0.2, 0.25) is 5.91 Å². The van der Waals surface area contributed by atoms with E-state index in [9.17, 15) is 9.59 Å². The van der Waals surface area contributed by atoms with Crippen LogP contribution in [0.5, 0.6) is 0 Å². The summed E-state index contributed by atoms with van der Waals surface area (Å²) >= 11 is 0. The highest BCUT2D eigenvalue weighted by molar-refractivity contribution is 5.78. The third kappa shape index (κ3) is 5.46. The van der Waals surface area contributed by atoms with E-state index < -0.39 is 5.97 Å². The maximum atomic E-state index is 12.3. The fourth-order valence-electron chi connectivity index (χ4n) is 2.41. The largest absolute Gasteiger partial charge is 0.481 e. The van der Waals surface area contributed by atoms with Crippen LogP contribution in [0.1, 0.15) is 34.1 Å². The average molecular weight is 286 g/mol. The number of rotatable bonds is 6. The Morgan fingerprint density at radius 1 is 1.30 bits per heavy atom. The molecule has 0 spiro atoms. The molecule has 0 aromatic carbocycles. The Hall–Kier alpha value is -1.14. The van der Waals surface area contributed by atoms with Gasteiger partial charge in [0.25, 0.3) is 0 Å². The zero-order valence-electron chi connectivity index (χ0n) is 12.8. The van der Waals surface area contributed by atoms with E-state index in [4.69, 9.17) is 9.84 Å². The summed E-state index contributed by atoms with van der Waals surface area (Å²) in [6.07, 6.45) is 0.157. The standard InChI is InChI=1S/C14H26N2O4/c1-10(2)15(6-5-14(18)19)9-13(17)16-7-11(3)20-12(4)8-16/h10-12H,5-9H2,1-4H3,(H,18,19). The molecule has 1 aliphatic rings. The first-order chi connectivity index (χ1) is 9.29. The lowest BCUT2D eigenvalue weighted by Crippen LogP contribution is -2.52. The van der Waals surface area contributed by atoms with Gasteiger partial charge in [-0.25, -0.2) is 0 Å². The van der Waals surface area contributed by atoms with Crippen LogP contribution in [0.3, 0.4) is 0 Å². The number of ether oxygens (including phenoxy) is 1. The number of amides is 1. The molecule has 6 heteroatoms. The fraction of sp³-hybridized carbons (Fsp3) is 0.857. The number of hydrogen-bond acceptors (Lipinski definition) is 4. The molecule has 20 heavy (non-hydrogen) atoms. The minimum atomic E-state index is -0.836. The van der Waals surface area contributed by atoms with Crippen LogP contribution < -0.4 is 0 Å². The van der Waals surface area contributed by atoms with Gasteiger partial charge in [-0.05, 0) is 27.7 Å². The third-order valence-electron chi connectivity index (χ3n) is 3.45. The minimum Gasteiger partial charge on any atom is -0.481 e. The van der Waals surface area contributed by atoms with Crippen LogP contribution in [-0.4, -0.2) is 71.2 Å². The molecule has 1 amide bonds. The van der Waals surface area contributed by atoms with E-state index in [-0.39, 0.29) is 37.1 Å². The maximum Gasteiger partial charge on any atom is 0.304 e. The third-order valence-corrected chi connectivity index (χ3v) is 3.45. The van der Waals surface area contributed by atoms with Crippen molar-refractivity contribution in [3.63, 3.8) is 0 Å². The normalized spacial score (nSPS) is 23.4. The summed E-state index contributed by atoms with van der Waals surface area (Å²) in [4.78, 5) is 26.7. The number of morpholine rings is 1. The molecule has 6 nitrogen and oxygen atoms in total. The Bertz CT molecular complexity index is 336. The van der Waals surface area contributed by atoms with Crippen LogP contribution in [0.4, 0.5) is 0 Å². The number of carboxylic acids is 1. The SMILES string of the molecule is CC1CN(C(=O)CN(CCC(=O)O)C(C)C)CC(C)O1. The summed E-state index contributed by atoms with van der Waals surface area (Å²) in [5.41, 5.74) is 0. The average Bonchev–Trinajstić information content (AvgIpc) is 2.32. The van der Waals surface area contributed by atoms with Crippen LogP contribution >= 0.6 is 0 Å². The highest BCUT2D eigenvalue weighted by atomic mass is 16.5. The molecular weight excluding hydrogens is 260 g/mol. The predicted molar refractivity (Wildman–Crippen MR) is 75.6 cm³/mol. The van der Waals surface area contributed by atoms with Crippen molar-refractivity contribution in [2.45, 2.75) is 52.4 Å². The van der Waals surface area contributed by atoms with Gasteiger partial charge in [-0.1, -0.05) is 0 Å². The first kappa shape index (κ1) is 16.9. The summed E-state index contributed by atoms with van der Waals surface area (Å²) < 4.78 is 5.61. The van der Waals surface area contributed by atoms with E-state index in [0.29, 0.717) is 19.6 Å². The van der Waals surface area contributed by atoms with E-state index in [0.717, 1.165) is 0 Å². The van der Waals surface area contributed by atoms with Crippen molar-refractivity contribution < 1.29 is 19.4 Å². The highest BCUT2D eigenvalue weighted by Gasteiger charge is 2.27. The van der Waals surface area contributed by atoms with Gasteiger partial charge in [-0.3, -0.25) is 14.5 Å². The van der Waals surface area contributed by atoms with Gasteiger partial charge in [0.15, 0.2) is 0 Å². The molecule has 0 bridgehead atoms. The number of aliphatic carboxylic acids is 1. The fourth-order valence-corrected chi connectivity index (χ4v) is 2.41. The Labute approximate surface area is 120 Å². The van der Waals surface area contributed by atoms with Crippen molar-refractivity contribution in [3.8, 4) is 0 Å². The lowest BCUT2D eigenvalue weighted by Gasteiger charge is -2.37. The molecule has 0 aromatic heterocycles. The molecule has 1 saturated heterocycles. The zero-order chi connectivity index (χ0) is 15.3. The summed E-state index contributed by atoms with van der Waals surface area (Å²) in [6, 6.07) is 0.147. The van der Waals surface area contributed by atoms with Crippen molar-refractivity contribution in [3.05, 3.63) is 0 Å². The van der Waals surface area contributed by atoms with Crippen molar-refractivity contribution in [1.29, 1.82) is 0 Å². The number of carboxylic acid groups (broad SMARTS) is 1. The molecular formula is C14H26N2O4. The van der Waals surface area contributed by atoms with E-state index in [1.54, 1.807) is 0 Å². The van der Waals surface area contributed by atoms with Crippen LogP contribution in [0, 0.1) is 0 Å². The van der Waals surface area contributed by atoms with E-state index >= 15 is 0 Å². The molecule has 1 heterocycles. The second-order valence-corrected chi connectivity index (χ2v) is 5.76. The zero-order valence-corrected chi connectivity index (χ0v) is 12.8. The first-order valence-electron chi connectivity index (χ1n) is 7.18. The first-order valence-corrected chi connectivity index (χ1v) is 7.18. The molecule has 1 N–H and O–H groups in total. The molecule has 1 aliphatic heterocycles. The minimum absolute atomic E-state index is 0.0473. The predicted octanol–water partition coefficient (Wildman–Crippen LogP) is 0.807. The molecule has 2 unspecified atom stereocenters. The maximum absolute atomic E-state index is 12.3. The molecule has 1 fully saturated rings. The monoisotopic (exact) mass is 286 g/mol. The van der Waals surface area contributed by atoms with Gasteiger partial charge < -0.3 is 14.7 Å². The van der Waals surface area contributed by atoms with E-state index in [1.165, 1.54) is 0 Å².